The molecule has 6 nitrogen and oxygen atoms in total. The number of amides is 1. The average molecular weight is 373 g/mol. The Hall–Kier alpha value is -3.22. The zero-order valence-electron chi connectivity index (χ0n) is 14.9. The molecule has 0 aromatic heterocycles. The van der Waals surface area contributed by atoms with Gasteiger partial charge in [-0.15, -0.1) is 0 Å². The van der Waals surface area contributed by atoms with Gasteiger partial charge in [-0.05, 0) is 55.0 Å². The highest BCUT2D eigenvalue weighted by atomic mass is 19.1. The number of Topliss-reactive ketones (excluding diaryl/α,β-unsaturated/α-hetero) is 1. The van der Waals surface area contributed by atoms with Gasteiger partial charge in [0.05, 0.1) is 7.11 Å². The van der Waals surface area contributed by atoms with Crippen molar-refractivity contribution in [3.63, 3.8) is 0 Å². The van der Waals surface area contributed by atoms with Gasteiger partial charge in [0.25, 0.3) is 0 Å². The molecule has 27 heavy (non-hydrogen) atoms. The van der Waals surface area contributed by atoms with Crippen LogP contribution in [0.4, 0.5) is 10.1 Å². The van der Waals surface area contributed by atoms with E-state index in [1.54, 1.807) is 31.4 Å². The van der Waals surface area contributed by atoms with Crippen molar-refractivity contribution in [2.24, 2.45) is 0 Å². The van der Waals surface area contributed by atoms with E-state index in [-0.39, 0.29) is 24.3 Å². The van der Waals surface area contributed by atoms with Crippen LogP contribution in [0.1, 0.15) is 29.6 Å². The maximum absolute atomic E-state index is 12.8. The fraction of sp³-hybridized carbons (Fsp3) is 0.250. The zero-order valence-corrected chi connectivity index (χ0v) is 14.9. The second kappa shape index (κ2) is 10.1. The number of hydrogen-bond acceptors (Lipinski definition) is 5. The molecule has 0 saturated heterocycles. The Labute approximate surface area is 156 Å². The molecule has 0 fully saturated rings. The highest BCUT2D eigenvalue weighted by molar-refractivity contribution is 5.98. The number of hydrogen-bond donors (Lipinski definition) is 1. The number of ether oxygens (including phenoxy) is 2. The number of halogens is 1. The molecule has 0 radical (unpaired) electrons. The van der Waals surface area contributed by atoms with Crippen molar-refractivity contribution in [1.29, 1.82) is 0 Å². The van der Waals surface area contributed by atoms with Crippen molar-refractivity contribution in [3.05, 3.63) is 59.9 Å². The lowest BCUT2D eigenvalue weighted by Crippen LogP contribution is -2.15. The number of nitrogens with one attached hydrogen (secondary N) is 1. The van der Waals surface area contributed by atoms with Gasteiger partial charge in [-0.3, -0.25) is 14.4 Å². The maximum Gasteiger partial charge on any atom is 0.306 e. The van der Waals surface area contributed by atoms with Crippen LogP contribution in [-0.2, 0) is 14.3 Å². The van der Waals surface area contributed by atoms with E-state index in [1.807, 2.05) is 0 Å². The Balaban J connectivity index is 1.65. The molecular formula is C20H20FNO5. The summed E-state index contributed by atoms with van der Waals surface area (Å²) >= 11 is 0. The summed E-state index contributed by atoms with van der Waals surface area (Å²) in [5.74, 6) is -0.971. The van der Waals surface area contributed by atoms with Crippen LogP contribution >= 0.6 is 0 Å². The van der Waals surface area contributed by atoms with Crippen LogP contribution in [0.5, 0.6) is 5.75 Å². The van der Waals surface area contributed by atoms with Gasteiger partial charge in [0.2, 0.25) is 5.91 Å². The summed E-state index contributed by atoms with van der Waals surface area (Å²) in [5, 5.41) is 2.71. The number of carbonyl (C=O) groups is 3. The SMILES string of the molecule is COc1ccc(NC(=O)CCCC(=O)OCC(=O)c2ccc(F)cc2)cc1. The molecular weight excluding hydrogens is 353 g/mol. The lowest BCUT2D eigenvalue weighted by molar-refractivity contribution is -0.142. The first-order chi connectivity index (χ1) is 13.0. The van der Waals surface area contributed by atoms with E-state index in [1.165, 1.54) is 12.1 Å². The van der Waals surface area contributed by atoms with E-state index >= 15 is 0 Å². The number of ketones is 1. The molecule has 0 aliphatic heterocycles. The quantitative estimate of drug-likeness (QED) is 0.538. The van der Waals surface area contributed by atoms with Crippen LogP contribution in [0.25, 0.3) is 0 Å². The van der Waals surface area contributed by atoms with Crippen molar-refractivity contribution in [2.75, 3.05) is 19.0 Å². The third-order valence-electron chi connectivity index (χ3n) is 3.69. The van der Waals surface area contributed by atoms with Gasteiger partial charge in [0.1, 0.15) is 11.6 Å². The number of esters is 1. The van der Waals surface area contributed by atoms with Gasteiger partial charge in [-0.25, -0.2) is 4.39 Å². The fourth-order valence-electron chi connectivity index (χ4n) is 2.23. The standard InChI is InChI=1S/C20H20FNO5/c1-26-17-11-9-16(10-12-17)22-19(24)3-2-4-20(25)27-13-18(23)14-5-7-15(21)8-6-14/h5-12H,2-4,13H2,1H3,(H,22,24). The second-order valence-corrected chi connectivity index (χ2v) is 5.72. The summed E-state index contributed by atoms with van der Waals surface area (Å²) in [6.07, 6.45) is 0.464. The topological polar surface area (TPSA) is 81.7 Å². The Bertz CT molecular complexity index is 787. The van der Waals surface area contributed by atoms with E-state index in [2.05, 4.69) is 5.32 Å². The predicted octanol–water partition coefficient (Wildman–Crippen LogP) is 3.37. The fourth-order valence-corrected chi connectivity index (χ4v) is 2.23. The summed E-state index contributed by atoms with van der Waals surface area (Å²) in [5.41, 5.74) is 0.899. The molecule has 0 saturated carbocycles. The van der Waals surface area contributed by atoms with Crippen LogP contribution in [0, 0.1) is 5.82 Å². The van der Waals surface area contributed by atoms with Crippen molar-refractivity contribution < 1.29 is 28.2 Å². The smallest absolute Gasteiger partial charge is 0.306 e. The van der Waals surface area contributed by atoms with Crippen LogP contribution in [0.3, 0.4) is 0 Å². The molecule has 0 aliphatic carbocycles. The minimum Gasteiger partial charge on any atom is -0.497 e. The van der Waals surface area contributed by atoms with Crippen molar-refractivity contribution in [3.8, 4) is 5.75 Å². The Kier molecular flexibility index (Phi) is 7.49. The highest BCUT2D eigenvalue weighted by Crippen LogP contribution is 2.15. The summed E-state index contributed by atoms with van der Waals surface area (Å²) in [7, 11) is 1.56. The number of carbonyl (C=O) groups excluding carboxylic acids is 3. The number of benzene rings is 2. The van der Waals surface area contributed by atoms with Crippen LogP contribution in [-0.4, -0.2) is 31.4 Å². The average Bonchev–Trinajstić information content (AvgIpc) is 2.67. The lowest BCUT2D eigenvalue weighted by atomic mass is 10.1. The molecule has 1 N–H and O–H groups in total. The van der Waals surface area contributed by atoms with Crippen LogP contribution in [0.2, 0.25) is 0 Å². The second-order valence-electron chi connectivity index (χ2n) is 5.72. The molecule has 2 aromatic carbocycles. The minimum atomic E-state index is -0.567. The van der Waals surface area contributed by atoms with Crippen molar-refractivity contribution >= 4 is 23.3 Å². The zero-order chi connectivity index (χ0) is 19.6. The molecule has 2 aromatic rings. The summed E-state index contributed by atoms with van der Waals surface area (Å²) in [6, 6.07) is 11.9. The van der Waals surface area contributed by atoms with Gasteiger partial charge < -0.3 is 14.8 Å². The van der Waals surface area contributed by atoms with E-state index in [0.29, 0.717) is 17.9 Å². The third-order valence-corrected chi connectivity index (χ3v) is 3.69. The van der Waals surface area contributed by atoms with Gasteiger partial charge in [0, 0.05) is 24.1 Å². The van der Waals surface area contributed by atoms with Crippen molar-refractivity contribution in [2.45, 2.75) is 19.3 Å². The maximum atomic E-state index is 12.8. The molecule has 1 amide bonds. The van der Waals surface area contributed by atoms with Gasteiger partial charge in [-0.2, -0.15) is 0 Å². The Morgan fingerprint density at radius 2 is 1.63 bits per heavy atom. The molecule has 0 heterocycles. The normalized spacial score (nSPS) is 10.1. The highest BCUT2D eigenvalue weighted by Gasteiger charge is 2.11. The number of anilines is 1. The molecule has 0 unspecified atom stereocenters. The summed E-state index contributed by atoms with van der Waals surface area (Å²) in [4.78, 5) is 35.3. The molecule has 0 bridgehead atoms. The van der Waals surface area contributed by atoms with E-state index < -0.39 is 24.2 Å². The van der Waals surface area contributed by atoms with Crippen LogP contribution < -0.4 is 10.1 Å². The molecule has 0 spiro atoms. The predicted molar refractivity (Wildman–Crippen MR) is 97.2 cm³/mol. The van der Waals surface area contributed by atoms with Crippen molar-refractivity contribution in [1.82, 2.24) is 0 Å². The molecule has 0 atom stereocenters. The van der Waals surface area contributed by atoms with E-state index in [9.17, 15) is 18.8 Å². The third kappa shape index (κ3) is 6.89. The monoisotopic (exact) mass is 373 g/mol. The Morgan fingerprint density at radius 3 is 2.26 bits per heavy atom. The first-order valence-electron chi connectivity index (χ1n) is 8.36. The largest absolute Gasteiger partial charge is 0.497 e. The lowest BCUT2D eigenvalue weighted by Gasteiger charge is -2.07. The summed E-state index contributed by atoms with van der Waals surface area (Å²) < 4.78 is 22.7. The van der Waals surface area contributed by atoms with E-state index in [0.717, 1.165) is 12.1 Å². The first-order valence-corrected chi connectivity index (χ1v) is 8.36. The number of rotatable bonds is 9. The Morgan fingerprint density at radius 1 is 0.963 bits per heavy atom. The minimum absolute atomic E-state index is 0.0206. The summed E-state index contributed by atoms with van der Waals surface area (Å²) in [6.45, 7) is -0.414. The molecule has 7 heteroatoms. The van der Waals surface area contributed by atoms with E-state index in [4.69, 9.17) is 9.47 Å². The number of methoxy groups -OCH3 is 1. The van der Waals surface area contributed by atoms with Gasteiger partial charge in [-0.1, -0.05) is 0 Å². The first kappa shape index (κ1) is 20.1. The molecule has 2 rings (SSSR count). The molecule has 142 valence electrons. The van der Waals surface area contributed by atoms with Crippen LogP contribution in [0.15, 0.2) is 48.5 Å². The molecule has 0 aliphatic rings. The van der Waals surface area contributed by atoms with Gasteiger partial charge in [0.15, 0.2) is 12.4 Å². The van der Waals surface area contributed by atoms with Gasteiger partial charge >= 0.3 is 5.97 Å².